The van der Waals surface area contributed by atoms with E-state index in [1.54, 1.807) is 0 Å². The first-order chi connectivity index (χ1) is 7.41. The van der Waals surface area contributed by atoms with Crippen LogP contribution < -0.4 is 0 Å². The third-order valence-corrected chi connectivity index (χ3v) is 0. The Kier molecular flexibility index (Phi) is 19.0. The molecule has 9 N–H and O–H groups in total. The van der Waals surface area contributed by atoms with Crippen molar-refractivity contribution in [3.05, 3.63) is 0 Å². The summed E-state index contributed by atoms with van der Waals surface area (Å²) in [4.78, 5) is 64.7. The van der Waals surface area contributed by atoms with E-state index in [0.717, 1.165) is 5.88 Å². The van der Waals surface area contributed by atoms with Gasteiger partial charge in [0.05, 0.1) is 0 Å². The van der Waals surface area contributed by atoms with Gasteiger partial charge in [0.1, 0.15) is 0 Å². The summed E-state index contributed by atoms with van der Waals surface area (Å²) >= 11 is 5.00. The van der Waals surface area contributed by atoms with E-state index in [-0.39, 0.29) is 0 Å². The molecule has 0 aliphatic carbocycles. The average Bonchev–Trinajstić information content (AvgIpc) is 1.71. The molecule has 0 saturated heterocycles. The van der Waals surface area contributed by atoms with Gasteiger partial charge in [-0.25, -0.2) is 13.7 Å². The van der Waals surface area contributed by atoms with E-state index in [9.17, 15) is 0 Å². The van der Waals surface area contributed by atoms with Crippen LogP contribution in [0.3, 0.4) is 0 Å². The first-order valence-electron chi connectivity index (χ1n) is 3.32. The maximum absolute atomic E-state index is 8.88. The third-order valence-electron chi connectivity index (χ3n) is 0. The molecule has 0 heterocycles. The molecule has 18 heavy (non-hydrogen) atoms. The lowest BCUT2D eigenvalue weighted by molar-refractivity contribution is 0.272. The van der Waals surface area contributed by atoms with Gasteiger partial charge in [-0.15, -0.1) is 11.6 Å². The smallest absolute Gasteiger partial charge is 0.303 e. The van der Waals surface area contributed by atoms with Gasteiger partial charge < -0.3 is 44.0 Å². The van der Waals surface area contributed by atoms with E-state index < -0.39 is 23.5 Å². The van der Waals surface area contributed by atoms with Crippen molar-refractivity contribution >= 4 is 35.1 Å². The molecule has 0 amide bonds. The van der Waals surface area contributed by atoms with Gasteiger partial charge in [-0.3, -0.25) is 0 Å². The van der Waals surface area contributed by atoms with Crippen molar-refractivity contribution in [2.45, 2.75) is 6.92 Å². The second-order valence-corrected chi connectivity index (χ2v) is 5.42. The highest BCUT2D eigenvalue weighted by molar-refractivity contribution is 7.45. The number of hydrogen-bond donors (Lipinski definition) is 9. The van der Waals surface area contributed by atoms with Crippen molar-refractivity contribution < 1.29 is 57.7 Å². The molecule has 0 aliphatic rings. The number of hydrogen-bond acceptors (Lipinski definition) is 3. The Morgan fingerprint density at radius 2 is 0.667 bits per heavy atom. The summed E-state index contributed by atoms with van der Waals surface area (Å²) in [7, 11) is -13.9. The molecule has 12 nitrogen and oxygen atoms in total. The number of rotatable bonds is 0. The molecule has 0 saturated carbocycles. The Balaban J connectivity index is -0.0000000739. The summed E-state index contributed by atoms with van der Waals surface area (Å²) < 4.78 is 26.6. The summed E-state index contributed by atoms with van der Waals surface area (Å²) in [6.07, 6.45) is 0. The summed E-state index contributed by atoms with van der Waals surface area (Å²) in [5, 5.41) is 0. The van der Waals surface area contributed by atoms with Gasteiger partial charge in [0.2, 0.25) is 0 Å². The summed E-state index contributed by atoms with van der Waals surface area (Å²) in [6, 6.07) is 0. The lowest BCUT2D eigenvalue weighted by Gasteiger charge is -1.82. The monoisotopic (exact) mass is 358 g/mol. The highest BCUT2D eigenvalue weighted by Crippen LogP contribution is 2.26. The zero-order valence-electron chi connectivity index (χ0n) is 8.68. The highest BCUT2D eigenvalue weighted by atomic mass is 35.5. The molecule has 0 rings (SSSR count). The average molecular weight is 358 g/mol. The quantitative estimate of drug-likeness (QED) is 0.177. The molecule has 0 atom stereocenters. The Labute approximate surface area is 106 Å². The fraction of sp³-hybridized carbons (Fsp3) is 1.00. The van der Waals surface area contributed by atoms with Gasteiger partial charge in [-0.2, -0.15) is 0 Å². The Morgan fingerprint density at radius 1 is 0.667 bits per heavy atom. The van der Waals surface area contributed by atoms with Crippen molar-refractivity contribution in [1.82, 2.24) is 0 Å². The first kappa shape index (κ1) is 27.0. The minimum atomic E-state index is -4.64. The summed E-state index contributed by atoms with van der Waals surface area (Å²) in [5.74, 6) is 0.722. The zero-order chi connectivity index (χ0) is 16.2. The van der Waals surface area contributed by atoms with Gasteiger partial charge in [-0.1, -0.05) is 6.92 Å². The van der Waals surface area contributed by atoms with Crippen LogP contribution in [0, 0.1) is 0 Å². The van der Waals surface area contributed by atoms with Gasteiger partial charge in [0, 0.05) is 5.88 Å². The Hall–Kier alpha value is 0.620. The van der Waals surface area contributed by atoms with Crippen molar-refractivity contribution in [2.24, 2.45) is 0 Å². The third kappa shape index (κ3) is 10500. The van der Waals surface area contributed by atoms with E-state index >= 15 is 0 Å². The van der Waals surface area contributed by atoms with Gasteiger partial charge in [-0.05, 0) is 0 Å². The first-order valence-corrected chi connectivity index (χ1v) is 8.55. The van der Waals surface area contributed by atoms with Crippen LogP contribution >= 0.6 is 35.1 Å². The van der Waals surface area contributed by atoms with Crippen LogP contribution in [-0.4, -0.2) is 49.9 Å². The largest absolute Gasteiger partial charge is 0.466 e. The number of alkyl halides is 1. The molecule has 0 aromatic carbocycles. The predicted molar refractivity (Wildman–Crippen MR) is 59.2 cm³/mol. The molecule has 0 unspecified atom stereocenters. The van der Waals surface area contributed by atoms with Crippen LogP contribution in [-0.2, 0) is 13.7 Å². The molecule has 0 spiro atoms. The van der Waals surface area contributed by atoms with Crippen LogP contribution in [0.25, 0.3) is 0 Å². The molecular formula is C2H14ClO12P3. The van der Waals surface area contributed by atoms with Crippen molar-refractivity contribution in [3.63, 3.8) is 0 Å². The van der Waals surface area contributed by atoms with Crippen LogP contribution in [0.15, 0.2) is 0 Å². The lowest BCUT2D eigenvalue weighted by atomic mass is 11.0. The fourth-order valence-corrected chi connectivity index (χ4v) is 0. The molecule has 16 heteroatoms. The molecular weight excluding hydrogens is 344 g/mol. The second kappa shape index (κ2) is 12.6. The van der Waals surface area contributed by atoms with E-state index in [0.29, 0.717) is 0 Å². The lowest BCUT2D eigenvalue weighted by Crippen LogP contribution is -1.66. The highest BCUT2D eigenvalue weighted by Gasteiger charge is 2.01. The normalized spacial score (nSPS) is 10.8. The SMILES string of the molecule is CCCl.O=P(O)(O)O.O=P(O)(O)O.O=P(O)(O)O. The zero-order valence-corrected chi connectivity index (χ0v) is 12.1. The van der Waals surface area contributed by atoms with Crippen LogP contribution in [0.4, 0.5) is 0 Å². The van der Waals surface area contributed by atoms with E-state index in [2.05, 4.69) is 0 Å². The van der Waals surface area contributed by atoms with Crippen LogP contribution in [0.5, 0.6) is 0 Å². The molecule has 0 aromatic rings. The number of halogens is 1. The van der Waals surface area contributed by atoms with Crippen molar-refractivity contribution in [3.8, 4) is 0 Å². The standard InChI is InChI=1S/C2H5Cl.3H3O4P/c1-2-3;3*1-5(2,3)4/h2H2,1H3;3*(H3,1,2,3,4). The summed E-state index contributed by atoms with van der Waals surface area (Å²) in [6.45, 7) is 1.89. The maximum atomic E-state index is 8.88. The van der Waals surface area contributed by atoms with Gasteiger partial charge in [0.15, 0.2) is 0 Å². The number of phosphoric acid groups is 3. The minimum absolute atomic E-state index is 0.722. The van der Waals surface area contributed by atoms with Crippen LogP contribution in [0.1, 0.15) is 6.92 Å². The molecule has 0 fully saturated rings. The second-order valence-electron chi connectivity index (χ2n) is 1.81. The maximum Gasteiger partial charge on any atom is 0.466 e. The van der Waals surface area contributed by atoms with Crippen molar-refractivity contribution in [2.75, 3.05) is 5.88 Å². The van der Waals surface area contributed by atoms with E-state index in [4.69, 9.17) is 69.3 Å². The molecule has 116 valence electrons. The van der Waals surface area contributed by atoms with Crippen LogP contribution in [0.2, 0.25) is 0 Å². The van der Waals surface area contributed by atoms with E-state index in [1.165, 1.54) is 0 Å². The summed E-state index contributed by atoms with van der Waals surface area (Å²) in [5.41, 5.74) is 0. The van der Waals surface area contributed by atoms with Gasteiger partial charge >= 0.3 is 23.5 Å². The van der Waals surface area contributed by atoms with Crippen molar-refractivity contribution in [1.29, 1.82) is 0 Å². The molecule has 0 radical (unpaired) electrons. The Bertz CT molecular complexity index is 224. The molecule has 0 aliphatic heterocycles. The Morgan fingerprint density at radius 3 is 0.667 bits per heavy atom. The predicted octanol–water partition coefficient (Wildman–Crippen LogP) is -1.54. The molecule has 0 aromatic heterocycles. The fourth-order valence-electron chi connectivity index (χ4n) is 0. The minimum Gasteiger partial charge on any atom is -0.303 e. The van der Waals surface area contributed by atoms with Gasteiger partial charge in [0.25, 0.3) is 0 Å². The topological polar surface area (TPSA) is 233 Å². The van der Waals surface area contributed by atoms with E-state index in [1.807, 2.05) is 6.92 Å². The molecule has 0 bridgehead atoms.